The zero-order valence-corrected chi connectivity index (χ0v) is 15.7. The predicted molar refractivity (Wildman–Crippen MR) is 104 cm³/mol. The normalized spacial score (nSPS) is 25.8. The van der Waals surface area contributed by atoms with E-state index in [1.807, 2.05) is 24.3 Å². The average Bonchev–Trinajstić information content (AvgIpc) is 2.93. The molecule has 1 saturated heterocycles. The van der Waals surface area contributed by atoms with Gasteiger partial charge in [0.1, 0.15) is 12.1 Å². The monoisotopic (exact) mass is 385 g/mol. The van der Waals surface area contributed by atoms with Crippen LogP contribution in [0.4, 0.5) is 0 Å². The van der Waals surface area contributed by atoms with Crippen molar-refractivity contribution < 1.29 is 14.4 Å². The van der Waals surface area contributed by atoms with Crippen molar-refractivity contribution in [1.82, 2.24) is 9.80 Å². The number of imide groups is 1. The van der Waals surface area contributed by atoms with Gasteiger partial charge in [0.25, 0.3) is 11.8 Å². The van der Waals surface area contributed by atoms with Crippen LogP contribution < -0.4 is 0 Å². The highest BCUT2D eigenvalue weighted by molar-refractivity contribution is 6.22. The molecule has 1 fully saturated rings. The van der Waals surface area contributed by atoms with Crippen molar-refractivity contribution in [2.24, 2.45) is 0 Å². The Morgan fingerprint density at radius 3 is 2.21 bits per heavy atom. The molecule has 3 atom stereocenters. The van der Waals surface area contributed by atoms with Crippen LogP contribution in [0.15, 0.2) is 48.5 Å². The van der Waals surface area contributed by atoms with Gasteiger partial charge in [-0.05, 0) is 42.5 Å². The SMILES string of the molecule is N#C[C@H]1CCCC2c3ccccc3CC(N3C(=O)c4ccccc4C3=O)C(=O)N21. The molecule has 6 nitrogen and oxygen atoms in total. The molecule has 6 heteroatoms. The van der Waals surface area contributed by atoms with E-state index in [1.54, 1.807) is 29.2 Å². The van der Waals surface area contributed by atoms with Crippen LogP contribution in [0.5, 0.6) is 0 Å². The van der Waals surface area contributed by atoms with Gasteiger partial charge in [0, 0.05) is 6.42 Å². The fourth-order valence-corrected chi connectivity index (χ4v) is 4.94. The topological polar surface area (TPSA) is 81.5 Å². The zero-order chi connectivity index (χ0) is 20.1. The maximum Gasteiger partial charge on any atom is 0.262 e. The maximum atomic E-state index is 13.7. The van der Waals surface area contributed by atoms with Gasteiger partial charge in [-0.25, -0.2) is 0 Å². The molecule has 29 heavy (non-hydrogen) atoms. The molecule has 3 aliphatic rings. The molecule has 0 saturated carbocycles. The lowest BCUT2D eigenvalue weighted by molar-refractivity contribution is -0.140. The van der Waals surface area contributed by atoms with Gasteiger partial charge in [0.15, 0.2) is 0 Å². The van der Waals surface area contributed by atoms with Gasteiger partial charge in [0.05, 0.1) is 23.2 Å². The molecule has 2 aromatic carbocycles. The van der Waals surface area contributed by atoms with Crippen LogP contribution in [0.3, 0.4) is 0 Å². The minimum Gasteiger partial charge on any atom is -0.318 e. The number of hydrogen-bond acceptors (Lipinski definition) is 4. The Morgan fingerprint density at radius 1 is 0.862 bits per heavy atom. The van der Waals surface area contributed by atoms with Crippen molar-refractivity contribution in [3.05, 3.63) is 70.8 Å². The molecule has 0 radical (unpaired) electrons. The van der Waals surface area contributed by atoms with Crippen molar-refractivity contribution >= 4 is 17.7 Å². The third-order valence-corrected chi connectivity index (χ3v) is 6.28. The minimum absolute atomic E-state index is 0.197. The van der Waals surface area contributed by atoms with Crippen LogP contribution in [-0.4, -0.2) is 39.6 Å². The van der Waals surface area contributed by atoms with Gasteiger partial charge >= 0.3 is 0 Å². The Bertz CT molecular complexity index is 1050. The van der Waals surface area contributed by atoms with Gasteiger partial charge in [0.2, 0.25) is 5.91 Å². The van der Waals surface area contributed by atoms with Crippen LogP contribution in [0.1, 0.15) is 57.1 Å². The zero-order valence-electron chi connectivity index (χ0n) is 15.7. The highest BCUT2D eigenvalue weighted by atomic mass is 16.2. The Morgan fingerprint density at radius 2 is 1.52 bits per heavy atom. The Labute approximate surface area is 168 Å². The molecule has 3 aliphatic heterocycles. The van der Waals surface area contributed by atoms with Gasteiger partial charge in [-0.15, -0.1) is 0 Å². The lowest BCUT2D eigenvalue weighted by atomic mass is 9.89. The molecule has 0 spiro atoms. The first-order valence-electron chi connectivity index (χ1n) is 9.88. The van der Waals surface area contributed by atoms with Crippen LogP contribution in [0.2, 0.25) is 0 Å². The van der Waals surface area contributed by atoms with Crippen molar-refractivity contribution in [2.45, 2.75) is 43.8 Å². The molecule has 0 aromatic heterocycles. The molecule has 3 amide bonds. The highest BCUT2D eigenvalue weighted by Gasteiger charge is 2.48. The first-order chi connectivity index (χ1) is 14.1. The van der Waals surface area contributed by atoms with Gasteiger partial charge in [-0.1, -0.05) is 36.4 Å². The summed E-state index contributed by atoms with van der Waals surface area (Å²) >= 11 is 0. The lowest BCUT2D eigenvalue weighted by Crippen LogP contribution is -2.54. The van der Waals surface area contributed by atoms with E-state index in [9.17, 15) is 19.6 Å². The summed E-state index contributed by atoms with van der Waals surface area (Å²) in [6.07, 6.45) is 2.51. The predicted octanol–water partition coefficient (Wildman–Crippen LogP) is 2.85. The summed E-state index contributed by atoms with van der Waals surface area (Å²) in [5, 5.41) is 9.69. The number of rotatable bonds is 1. The molecule has 144 valence electrons. The lowest BCUT2D eigenvalue weighted by Gasteiger charge is -2.40. The molecule has 3 heterocycles. The van der Waals surface area contributed by atoms with Crippen molar-refractivity contribution in [2.75, 3.05) is 0 Å². The Hall–Kier alpha value is -3.46. The largest absolute Gasteiger partial charge is 0.318 e. The van der Waals surface area contributed by atoms with Crippen LogP contribution in [0.25, 0.3) is 0 Å². The van der Waals surface area contributed by atoms with Gasteiger partial charge < -0.3 is 4.90 Å². The van der Waals surface area contributed by atoms with Crippen LogP contribution in [-0.2, 0) is 11.2 Å². The summed E-state index contributed by atoms with van der Waals surface area (Å²) in [5.41, 5.74) is 2.62. The Balaban J connectivity index is 1.63. The molecule has 2 aromatic rings. The number of carbonyl (C=O) groups is 3. The van der Waals surface area contributed by atoms with E-state index in [-0.39, 0.29) is 18.4 Å². The molecule has 0 bridgehead atoms. The summed E-state index contributed by atoms with van der Waals surface area (Å²) < 4.78 is 0. The fourth-order valence-electron chi connectivity index (χ4n) is 4.94. The second-order valence-corrected chi connectivity index (χ2v) is 7.78. The molecule has 0 aliphatic carbocycles. The van der Waals surface area contributed by atoms with Crippen molar-refractivity contribution in [3.8, 4) is 6.07 Å². The first-order valence-corrected chi connectivity index (χ1v) is 9.88. The number of amides is 3. The summed E-state index contributed by atoms with van der Waals surface area (Å²) in [5.74, 6) is -1.19. The molecule has 0 N–H and O–H groups in total. The molecular weight excluding hydrogens is 366 g/mol. The van der Waals surface area contributed by atoms with E-state index >= 15 is 0 Å². The number of nitrogens with zero attached hydrogens (tertiary/aromatic N) is 3. The summed E-state index contributed by atoms with van der Waals surface area (Å²) in [6, 6.07) is 15.0. The third-order valence-electron chi connectivity index (χ3n) is 6.28. The third kappa shape index (κ3) is 2.51. The van der Waals surface area contributed by atoms with Crippen molar-refractivity contribution in [3.63, 3.8) is 0 Å². The molecule has 2 unspecified atom stereocenters. The number of fused-ring (bicyclic) bond motifs is 4. The van der Waals surface area contributed by atoms with Gasteiger partial charge in [-0.2, -0.15) is 5.26 Å². The van der Waals surface area contributed by atoms with E-state index in [1.165, 1.54) is 0 Å². The van der Waals surface area contributed by atoms with E-state index in [0.29, 0.717) is 17.5 Å². The smallest absolute Gasteiger partial charge is 0.262 e. The van der Waals surface area contributed by atoms with Crippen molar-refractivity contribution in [1.29, 1.82) is 5.26 Å². The van der Waals surface area contributed by atoms with Gasteiger partial charge in [-0.3, -0.25) is 19.3 Å². The number of nitriles is 1. The van der Waals surface area contributed by atoms with Crippen LogP contribution >= 0.6 is 0 Å². The van der Waals surface area contributed by atoms with E-state index in [2.05, 4.69) is 6.07 Å². The number of piperidine rings is 1. The average molecular weight is 385 g/mol. The second kappa shape index (κ2) is 6.56. The maximum absolute atomic E-state index is 13.7. The van der Waals surface area contributed by atoms with E-state index in [4.69, 9.17) is 0 Å². The second-order valence-electron chi connectivity index (χ2n) is 7.78. The summed E-state index contributed by atoms with van der Waals surface area (Å²) in [7, 11) is 0. The first kappa shape index (κ1) is 17.6. The number of hydrogen-bond donors (Lipinski definition) is 0. The number of carbonyl (C=O) groups excluding carboxylic acids is 3. The van der Waals surface area contributed by atoms with E-state index in [0.717, 1.165) is 28.9 Å². The Kier molecular flexibility index (Phi) is 3.99. The van der Waals surface area contributed by atoms with Crippen LogP contribution in [0, 0.1) is 11.3 Å². The standard InChI is InChI=1S/C23H19N3O3/c24-13-15-7-5-11-19-16-8-2-1-6-14(16)12-20(23(29)25(15)19)26-21(27)17-9-3-4-10-18(17)22(26)28/h1-4,6,8-10,15,19-20H,5,7,11-12H2/t15-,19?,20?/m1/s1. The molecular formula is C23H19N3O3. The number of benzene rings is 2. The fraction of sp³-hybridized carbons (Fsp3) is 0.304. The quantitative estimate of drug-likeness (QED) is 0.707. The summed E-state index contributed by atoms with van der Waals surface area (Å²) in [6.45, 7) is 0. The van der Waals surface area contributed by atoms with E-state index < -0.39 is 23.9 Å². The summed E-state index contributed by atoms with van der Waals surface area (Å²) in [4.78, 5) is 42.5. The molecule has 5 rings (SSSR count). The highest BCUT2D eigenvalue weighted by Crippen LogP contribution is 2.40. The minimum atomic E-state index is -0.942.